The van der Waals surface area contributed by atoms with Gasteiger partial charge in [-0.3, -0.25) is 5.43 Å². The average molecular weight is 312 g/mol. The summed E-state index contributed by atoms with van der Waals surface area (Å²) in [6, 6.07) is 4.74. The van der Waals surface area contributed by atoms with Crippen LogP contribution in [0, 0.1) is 12.7 Å². The first-order chi connectivity index (χ1) is 8.60. The fourth-order valence-electron chi connectivity index (χ4n) is 1.36. The Bertz CT molecular complexity index is 575. The fraction of sp³-hybridized carbons (Fsp3) is 0.0909. The minimum Gasteiger partial charge on any atom is -0.337 e. The second kappa shape index (κ2) is 5.28. The maximum Gasteiger partial charge on any atom is 0.239 e. The van der Waals surface area contributed by atoms with E-state index in [1.165, 1.54) is 6.07 Å². The Morgan fingerprint density at radius 3 is 2.83 bits per heavy atom. The molecule has 0 atom stereocenters. The molecule has 94 valence electrons. The second-order valence-electron chi connectivity index (χ2n) is 3.62. The molecule has 4 N–H and O–H groups in total. The minimum absolute atomic E-state index is 0.264. The van der Waals surface area contributed by atoms with E-state index in [4.69, 9.17) is 5.84 Å². The molecule has 0 aliphatic carbocycles. The van der Waals surface area contributed by atoms with Gasteiger partial charge in [-0.25, -0.2) is 15.2 Å². The number of hydrogen-bond donors (Lipinski definition) is 3. The number of benzene rings is 1. The molecule has 1 heterocycles. The summed E-state index contributed by atoms with van der Waals surface area (Å²) in [4.78, 5) is 8.06. The molecule has 5 nitrogen and oxygen atoms in total. The van der Waals surface area contributed by atoms with E-state index in [0.29, 0.717) is 16.0 Å². The van der Waals surface area contributed by atoms with Gasteiger partial charge < -0.3 is 5.32 Å². The Morgan fingerprint density at radius 2 is 2.17 bits per heavy atom. The number of rotatable bonds is 3. The molecule has 0 saturated carbocycles. The second-order valence-corrected chi connectivity index (χ2v) is 4.53. The standard InChI is InChI=1S/C11H11BrFN5/c1-6-5-15-11(18-14)17-10(6)16-9-3-2-7(12)4-8(9)13/h2-5H,14H2,1H3,(H2,15,16,17,18). The molecule has 0 spiro atoms. The Hall–Kier alpha value is -1.73. The lowest BCUT2D eigenvalue weighted by Crippen LogP contribution is -2.11. The molecule has 0 aliphatic rings. The highest BCUT2D eigenvalue weighted by molar-refractivity contribution is 9.10. The molecule has 0 fully saturated rings. The SMILES string of the molecule is Cc1cnc(NN)nc1Nc1ccc(Br)cc1F. The first-order valence-electron chi connectivity index (χ1n) is 5.12. The van der Waals surface area contributed by atoms with Crippen molar-refractivity contribution in [3.8, 4) is 0 Å². The molecule has 0 unspecified atom stereocenters. The lowest BCUT2D eigenvalue weighted by Gasteiger charge is -2.10. The van der Waals surface area contributed by atoms with Gasteiger partial charge in [0.05, 0.1) is 5.69 Å². The van der Waals surface area contributed by atoms with Gasteiger partial charge in [0.2, 0.25) is 5.95 Å². The summed E-state index contributed by atoms with van der Waals surface area (Å²) in [5.41, 5.74) is 3.46. The minimum atomic E-state index is -0.371. The topological polar surface area (TPSA) is 75.9 Å². The highest BCUT2D eigenvalue weighted by Crippen LogP contribution is 2.24. The van der Waals surface area contributed by atoms with Crippen molar-refractivity contribution in [3.05, 3.63) is 40.2 Å². The highest BCUT2D eigenvalue weighted by atomic mass is 79.9. The first-order valence-corrected chi connectivity index (χ1v) is 5.92. The maximum absolute atomic E-state index is 13.7. The van der Waals surface area contributed by atoms with Crippen LogP contribution in [-0.2, 0) is 0 Å². The summed E-state index contributed by atoms with van der Waals surface area (Å²) in [7, 11) is 0. The molecule has 2 aromatic rings. The van der Waals surface area contributed by atoms with E-state index in [2.05, 4.69) is 36.6 Å². The van der Waals surface area contributed by atoms with E-state index >= 15 is 0 Å². The van der Waals surface area contributed by atoms with Gasteiger partial charge >= 0.3 is 0 Å². The molecular formula is C11H11BrFN5. The van der Waals surface area contributed by atoms with Crippen LogP contribution < -0.4 is 16.6 Å². The molecule has 2 rings (SSSR count). The smallest absolute Gasteiger partial charge is 0.239 e. The first kappa shape index (κ1) is 12.7. The van der Waals surface area contributed by atoms with Crippen LogP contribution in [0.3, 0.4) is 0 Å². The number of hydrazine groups is 1. The average Bonchev–Trinajstić information content (AvgIpc) is 2.35. The normalized spacial score (nSPS) is 10.2. The van der Waals surface area contributed by atoms with Crippen LogP contribution in [0.5, 0.6) is 0 Å². The van der Waals surface area contributed by atoms with Gasteiger partial charge in [0.1, 0.15) is 11.6 Å². The van der Waals surface area contributed by atoms with Crippen LogP contribution in [0.15, 0.2) is 28.9 Å². The fourth-order valence-corrected chi connectivity index (χ4v) is 1.69. The zero-order valence-electron chi connectivity index (χ0n) is 9.54. The molecular weight excluding hydrogens is 301 g/mol. The number of halogens is 2. The highest BCUT2D eigenvalue weighted by Gasteiger charge is 2.07. The Kier molecular flexibility index (Phi) is 3.73. The van der Waals surface area contributed by atoms with Gasteiger partial charge in [-0.15, -0.1) is 0 Å². The summed E-state index contributed by atoms with van der Waals surface area (Å²) in [6.45, 7) is 1.82. The van der Waals surface area contributed by atoms with Crippen molar-refractivity contribution in [1.29, 1.82) is 0 Å². The van der Waals surface area contributed by atoms with E-state index in [9.17, 15) is 4.39 Å². The van der Waals surface area contributed by atoms with Crippen molar-refractivity contribution in [2.75, 3.05) is 10.7 Å². The van der Waals surface area contributed by atoms with Crippen LogP contribution in [0.4, 0.5) is 21.8 Å². The van der Waals surface area contributed by atoms with Crippen molar-refractivity contribution >= 4 is 33.4 Å². The quantitative estimate of drug-likeness (QED) is 0.600. The number of hydrogen-bond acceptors (Lipinski definition) is 5. The zero-order valence-corrected chi connectivity index (χ0v) is 11.1. The van der Waals surface area contributed by atoms with Crippen LogP contribution in [0.2, 0.25) is 0 Å². The number of nitrogen functional groups attached to an aromatic ring is 1. The Balaban J connectivity index is 2.33. The third-order valence-electron chi connectivity index (χ3n) is 2.29. The molecule has 0 saturated heterocycles. The number of anilines is 3. The van der Waals surface area contributed by atoms with Crippen molar-refractivity contribution < 1.29 is 4.39 Å². The monoisotopic (exact) mass is 311 g/mol. The predicted octanol–water partition coefficient (Wildman–Crippen LogP) is 2.72. The Labute approximate surface area is 112 Å². The summed E-state index contributed by atoms with van der Waals surface area (Å²) in [5.74, 6) is 5.62. The zero-order chi connectivity index (χ0) is 13.1. The summed E-state index contributed by atoms with van der Waals surface area (Å²) in [5, 5.41) is 2.90. The third-order valence-corrected chi connectivity index (χ3v) is 2.78. The summed E-state index contributed by atoms with van der Waals surface area (Å²) >= 11 is 3.20. The molecule has 0 aliphatic heterocycles. The van der Waals surface area contributed by atoms with Gasteiger partial charge in [-0.05, 0) is 25.1 Å². The summed E-state index contributed by atoms with van der Waals surface area (Å²) in [6.07, 6.45) is 1.60. The summed E-state index contributed by atoms with van der Waals surface area (Å²) < 4.78 is 14.3. The third kappa shape index (κ3) is 2.74. The van der Waals surface area contributed by atoms with Gasteiger partial charge in [0, 0.05) is 16.2 Å². The van der Waals surface area contributed by atoms with Crippen molar-refractivity contribution in [2.24, 2.45) is 5.84 Å². The van der Waals surface area contributed by atoms with Crippen LogP contribution in [0.1, 0.15) is 5.56 Å². The van der Waals surface area contributed by atoms with E-state index in [1.807, 2.05) is 6.92 Å². The van der Waals surface area contributed by atoms with Crippen LogP contribution in [0.25, 0.3) is 0 Å². The van der Waals surface area contributed by atoms with Gasteiger partial charge in [0.25, 0.3) is 0 Å². The maximum atomic E-state index is 13.7. The number of nitrogens with one attached hydrogen (secondary N) is 2. The van der Waals surface area contributed by atoms with Crippen molar-refractivity contribution in [1.82, 2.24) is 9.97 Å². The van der Waals surface area contributed by atoms with E-state index in [1.54, 1.807) is 18.3 Å². The van der Waals surface area contributed by atoms with E-state index in [-0.39, 0.29) is 11.8 Å². The molecule has 1 aromatic heterocycles. The lowest BCUT2D eigenvalue weighted by atomic mass is 10.3. The lowest BCUT2D eigenvalue weighted by molar-refractivity contribution is 0.631. The number of nitrogens with zero attached hydrogens (tertiary/aromatic N) is 2. The van der Waals surface area contributed by atoms with Crippen LogP contribution >= 0.6 is 15.9 Å². The number of nitrogens with two attached hydrogens (primary N) is 1. The molecule has 18 heavy (non-hydrogen) atoms. The molecule has 0 radical (unpaired) electrons. The Morgan fingerprint density at radius 1 is 1.39 bits per heavy atom. The van der Waals surface area contributed by atoms with Crippen molar-refractivity contribution in [2.45, 2.75) is 6.92 Å². The van der Waals surface area contributed by atoms with Crippen LogP contribution in [-0.4, -0.2) is 9.97 Å². The van der Waals surface area contributed by atoms with Gasteiger partial charge in [0.15, 0.2) is 0 Å². The molecule has 0 bridgehead atoms. The van der Waals surface area contributed by atoms with E-state index in [0.717, 1.165) is 5.56 Å². The molecule has 7 heteroatoms. The van der Waals surface area contributed by atoms with Gasteiger partial charge in [-0.2, -0.15) is 4.98 Å². The molecule has 1 aromatic carbocycles. The van der Waals surface area contributed by atoms with E-state index < -0.39 is 0 Å². The van der Waals surface area contributed by atoms with Gasteiger partial charge in [-0.1, -0.05) is 15.9 Å². The largest absolute Gasteiger partial charge is 0.337 e. The number of aromatic nitrogens is 2. The van der Waals surface area contributed by atoms with Crippen molar-refractivity contribution in [3.63, 3.8) is 0 Å². The number of aryl methyl sites for hydroxylation is 1. The predicted molar refractivity (Wildman–Crippen MR) is 72.0 cm³/mol. The molecule has 0 amide bonds.